The molecule has 22 heteroatoms. The Balaban J connectivity index is 0.000000211. The fourth-order valence-electron chi connectivity index (χ4n) is 15.8. The van der Waals surface area contributed by atoms with Gasteiger partial charge in [-0.05, 0) is 114 Å². The van der Waals surface area contributed by atoms with E-state index in [4.69, 9.17) is 10.2 Å². The molecule has 0 radical (unpaired) electrons. The molecule has 89 heavy (non-hydrogen) atoms. The van der Waals surface area contributed by atoms with Crippen molar-refractivity contribution in [1.29, 1.82) is 0 Å². The molecule has 10 atom stereocenters. The Kier molecular flexibility index (Phi) is 19.8. The molecule has 2 saturated heterocycles. The molecule has 2 unspecified atom stereocenters. The number of fused-ring (bicyclic) bond motifs is 2. The molecule has 6 saturated carbocycles. The van der Waals surface area contributed by atoms with Crippen LogP contribution in [0.15, 0.2) is 34.6 Å². The van der Waals surface area contributed by atoms with Gasteiger partial charge in [0.05, 0.1) is 29.6 Å². The zero-order valence-corrected chi connectivity index (χ0v) is 55.3. The van der Waals surface area contributed by atoms with Gasteiger partial charge in [0.15, 0.2) is 5.78 Å². The molecule has 8 fully saturated rings. The van der Waals surface area contributed by atoms with Gasteiger partial charge in [-0.1, -0.05) is 140 Å². The molecule has 4 heterocycles. The van der Waals surface area contributed by atoms with E-state index in [1.165, 1.54) is 6.92 Å². The van der Waals surface area contributed by atoms with Crippen LogP contribution in [0.5, 0.6) is 0 Å². The Morgan fingerprint density at radius 1 is 0.629 bits per heavy atom. The Morgan fingerprint density at radius 2 is 1.08 bits per heavy atom. The number of aromatic nitrogens is 1. The summed E-state index contributed by atoms with van der Waals surface area (Å²) in [6.45, 7) is 21.8. The summed E-state index contributed by atoms with van der Waals surface area (Å²) in [6, 6.07) is -4.13. The molecule has 0 bridgehead atoms. The van der Waals surface area contributed by atoms with E-state index in [0.717, 1.165) is 107 Å². The van der Waals surface area contributed by atoms with Crippen molar-refractivity contribution in [2.24, 2.45) is 62.9 Å². The Morgan fingerprint density at radius 3 is 1.45 bits per heavy atom. The SMILES string of the molecule is CC(=O)C(=O)C(CC1CC1)NC(=O)[C@@H]1[C@@H]2[C@H](CN1C(=O)[C@@H](NC(=O)NC1(Cc3ccoc3)CCCCC1)C(C)(C)C)C2(C)C.CC(C)(C)[C@H](NC(=O)NC1(Cc2nccs2)CCCCC1)C(=O)N1C[C@H]2[C@@H]([C@H]1C(=O)NC(CC1CCC1)C(=O)C(N)=O)C2(C)C. The van der Waals surface area contributed by atoms with Crippen molar-refractivity contribution in [1.82, 2.24) is 46.7 Å². The van der Waals surface area contributed by atoms with Gasteiger partial charge < -0.3 is 51.9 Å². The molecule has 2 aromatic rings. The monoisotopic (exact) mass is 1250 g/mol. The molecule has 490 valence electrons. The average Bonchev–Trinajstić information content (AvgIpc) is 1.54. The number of carbonyl (C=O) groups excluding carboxylic acids is 10. The van der Waals surface area contributed by atoms with Gasteiger partial charge in [-0.15, -0.1) is 11.3 Å². The second-order valence-corrected chi connectivity index (χ2v) is 32.1. The highest BCUT2D eigenvalue weighted by atomic mass is 32.1. The number of ketones is 3. The van der Waals surface area contributed by atoms with E-state index in [1.54, 1.807) is 39.9 Å². The fourth-order valence-corrected chi connectivity index (χ4v) is 16.5. The molecular formula is C67H100N10O11S. The maximum atomic E-state index is 14.4. The highest BCUT2D eigenvalue weighted by molar-refractivity contribution is 7.09. The van der Waals surface area contributed by atoms with E-state index >= 15 is 0 Å². The van der Waals surface area contributed by atoms with Crippen LogP contribution in [-0.2, 0) is 51.2 Å². The number of urea groups is 2. The highest BCUT2D eigenvalue weighted by Gasteiger charge is 2.71. The molecule has 2 aromatic heterocycles. The van der Waals surface area contributed by atoms with Crippen molar-refractivity contribution in [2.45, 2.75) is 245 Å². The number of nitrogens with two attached hydrogens (primary N) is 1. The van der Waals surface area contributed by atoms with Gasteiger partial charge in [-0.25, -0.2) is 14.6 Å². The molecule has 8 N–H and O–H groups in total. The topological polar surface area (TPSA) is 301 Å². The minimum Gasteiger partial charge on any atom is -0.472 e. The first-order chi connectivity index (χ1) is 41.8. The lowest BCUT2D eigenvalue weighted by Crippen LogP contribution is -2.63. The van der Waals surface area contributed by atoms with Gasteiger partial charge in [-0.2, -0.15) is 0 Å². The maximum Gasteiger partial charge on any atom is 0.315 e. The number of nitrogens with zero attached hydrogens (tertiary/aromatic N) is 3. The van der Waals surface area contributed by atoms with Crippen molar-refractivity contribution in [3.05, 3.63) is 40.7 Å². The Bertz CT molecular complexity index is 2960. The fraction of sp³-hybridized carbons (Fsp3) is 0.746. The van der Waals surface area contributed by atoms with E-state index in [1.807, 2.05) is 53.0 Å². The van der Waals surface area contributed by atoms with Crippen molar-refractivity contribution in [3.63, 3.8) is 0 Å². The van der Waals surface area contributed by atoms with Crippen LogP contribution < -0.4 is 37.6 Å². The Hall–Kier alpha value is -6.19. The van der Waals surface area contributed by atoms with Crippen LogP contribution in [0.3, 0.4) is 0 Å². The molecule has 2 aliphatic heterocycles. The maximum absolute atomic E-state index is 14.4. The van der Waals surface area contributed by atoms with Crippen molar-refractivity contribution in [2.75, 3.05) is 13.1 Å². The van der Waals surface area contributed by atoms with Gasteiger partial charge in [0.1, 0.15) is 24.2 Å². The van der Waals surface area contributed by atoms with E-state index in [2.05, 4.69) is 64.6 Å². The van der Waals surface area contributed by atoms with E-state index in [0.29, 0.717) is 44.7 Å². The first-order valence-electron chi connectivity index (χ1n) is 32.9. The molecule has 8 aliphatic rings. The van der Waals surface area contributed by atoms with Crippen LogP contribution in [-0.4, -0.2) is 134 Å². The van der Waals surface area contributed by atoms with Crippen molar-refractivity contribution < 1.29 is 52.4 Å². The molecule has 9 amide bonds. The summed E-state index contributed by atoms with van der Waals surface area (Å²) in [5, 5.41) is 21.1. The Labute approximate surface area is 529 Å². The largest absolute Gasteiger partial charge is 0.472 e. The third-order valence-corrected chi connectivity index (χ3v) is 22.5. The van der Waals surface area contributed by atoms with Gasteiger partial charge in [-0.3, -0.25) is 38.4 Å². The number of amides is 9. The number of hydrogen-bond acceptors (Lipinski definition) is 13. The average molecular weight is 1250 g/mol. The van der Waals surface area contributed by atoms with Crippen LogP contribution in [0, 0.1) is 57.2 Å². The second kappa shape index (κ2) is 26.2. The molecule has 0 aromatic carbocycles. The normalized spacial score (nSPS) is 26.6. The van der Waals surface area contributed by atoms with Crippen molar-refractivity contribution >= 4 is 70.3 Å². The lowest BCUT2D eigenvalue weighted by molar-refractivity contribution is -0.145. The molecular weight excluding hydrogens is 1150 g/mol. The molecule has 21 nitrogen and oxygen atoms in total. The van der Waals surface area contributed by atoms with Crippen LogP contribution >= 0.6 is 11.3 Å². The van der Waals surface area contributed by atoms with Gasteiger partial charge in [0, 0.05) is 49.1 Å². The van der Waals surface area contributed by atoms with Gasteiger partial charge in [0.25, 0.3) is 5.91 Å². The summed E-state index contributed by atoms with van der Waals surface area (Å²) in [4.78, 5) is 141. The zero-order chi connectivity index (χ0) is 64.8. The van der Waals surface area contributed by atoms with Gasteiger partial charge >= 0.3 is 12.1 Å². The number of likely N-dealkylation sites (tertiary alicyclic amines) is 2. The summed E-state index contributed by atoms with van der Waals surface area (Å²) in [5.41, 5.74) is 3.94. The van der Waals surface area contributed by atoms with Crippen LogP contribution in [0.4, 0.5) is 9.59 Å². The minimum absolute atomic E-state index is 0.0598. The summed E-state index contributed by atoms with van der Waals surface area (Å²) < 4.78 is 5.28. The molecule has 6 aliphatic carbocycles. The summed E-state index contributed by atoms with van der Waals surface area (Å²) in [7, 11) is 0. The summed E-state index contributed by atoms with van der Waals surface area (Å²) in [5.74, 6) is -3.83. The third-order valence-electron chi connectivity index (χ3n) is 21.7. The smallest absolute Gasteiger partial charge is 0.315 e. The quantitative estimate of drug-likeness (QED) is 0.0565. The summed E-state index contributed by atoms with van der Waals surface area (Å²) in [6.07, 6.45) is 21.8. The van der Waals surface area contributed by atoms with Crippen LogP contribution in [0.1, 0.15) is 196 Å². The standard InChI is InChI=1S/C34H50N4O6.C33H50N6O5S/c1-20(39)27(40)24(16-21-10-11-21)35-29(41)26-25-23(33(25,5)6)18-38(26)30(42)28(32(2,3)4)36-31(43)37-34(13-8-7-9-14-34)17-22-12-15-44-19-22;1-31(2,3)26(37-30(44)38-33(12-7-6-8-13-33)17-22-35-14-15-45-22)29(43)39-18-20-23(32(20,4)5)24(39)28(42)36-21(25(40)27(34)41)16-19-10-9-11-19/h12,15,19,21,23-26,28H,7-11,13-14,16-18H2,1-6H3,(H,35,41)(H2,36,37,43);14-15,19-21,23-24,26H,6-13,16-18H2,1-5H3,(H2,34,41)(H,36,42)(H2,37,38,44)/t23-,24?,25-,26-,28+;20-,21?,23-,24-,26+/m00/s1. The first-order valence-corrected chi connectivity index (χ1v) is 33.8. The number of nitrogens with one attached hydrogen (secondary N) is 6. The number of furan rings is 1. The molecule has 10 rings (SSSR count). The number of Topliss-reactive ketones (excluding diaryl/α,β-unsaturated/α-hetero) is 3. The predicted molar refractivity (Wildman–Crippen MR) is 335 cm³/mol. The predicted octanol–water partition coefficient (Wildman–Crippen LogP) is 7.48. The second-order valence-electron chi connectivity index (χ2n) is 31.1. The van der Waals surface area contributed by atoms with Crippen LogP contribution in [0.2, 0.25) is 0 Å². The molecule has 0 spiro atoms. The highest BCUT2D eigenvalue weighted by Crippen LogP contribution is 2.66. The minimum atomic E-state index is -1.07. The van der Waals surface area contributed by atoms with E-state index < -0.39 is 105 Å². The lowest BCUT2D eigenvalue weighted by atomic mass is 9.78. The number of hydrogen-bond donors (Lipinski definition) is 7. The van der Waals surface area contributed by atoms with Crippen molar-refractivity contribution in [3.8, 4) is 0 Å². The number of carbonyl (C=O) groups is 10. The van der Waals surface area contributed by atoms with Crippen LogP contribution in [0.25, 0.3) is 0 Å². The number of thiazole rings is 1. The lowest BCUT2D eigenvalue weighted by Gasteiger charge is -2.41. The van der Waals surface area contributed by atoms with E-state index in [-0.39, 0.29) is 52.2 Å². The van der Waals surface area contributed by atoms with Gasteiger partial charge in [0.2, 0.25) is 35.2 Å². The third kappa shape index (κ3) is 15.3. The first kappa shape index (κ1) is 67.2. The number of rotatable bonds is 22. The number of primary amides is 1. The zero-order valence-electron chi connectivity index (χ0n) is 54.5. The summed E-state index contributed by atoms with van der Waals surface area (Å²) >= 11 is 1.58. The number of piperidine rings is 2. The van der Waals surface area contributed by atoms with E-state index in [9.17, 15) is 47.9 Å².